The molecule has 0 aliphatic rings. The number of nitrogens with zero attached hydrogens (tertiary/aromatic N) is 1. The quantitative estimate of drug-likeness (QED) is 0.579. The molecule has 0 saturated carbocycles. The van der Waals surface area contributed by atoms with Gasteiger partial charge in [0.2, 0.25) is 5.91 Å². The molecule has 7 heteroatoms. The Labute approximate surface area is 96.3 Å². The van der Waals surface area contributed by atoms with Crippen molar-refractivity contribution in [3.05, 3.63) is 0 Å². The highest BCUT2D eigenvalue weighted by atomic mass is 32.2. The molecule has 0 rings (SSSR count). The first-order valence-corrected chi connectivity index (χ1v) is 7.20. The average molecular weight is 252 g/mol. The molecule has 0 spiro atoms. The van der Waals surface area contributed by atoms with Crippen LogP contribution < -0.4 is 5.73 Å². The lowest BCUT2D eigenvalue weighted by atomic mass is 10.2. The molecule has 0 aromatic heterocycles. The van der Waals surface area contributed by atoms with Crippen LogP contribution >= 0.6 is 0 Å². The maximum absolute atomic E-state index is 11.7. The summed E-state index contributed by atoms with van der Waals surface area (Å²) in [5.41, 5.74) is 5.59. The summed E-state index contributed by atoms with van der Waals surface area (Å²) in [6.07, 6.45) is 1.22. The minimum atomic E-state index is -3.10. The maximum atomic E-state index is 11.7. The Bertz CT molecular complexity index is 315. The predicted octanol–water partition coefficient (Wildman–Crippen LogP) is -1.41. The number of hydrogen-bond donors (Lipinski definition) is 2. The van der Waals surface area contributed by atoms with Crippen molar-refractivity contribution < 1.29 is 18.3 Å². The van der Waals surface area contributed by atoms with Gasteiger partial charge in [0, 0.05) is 19.3 Å². The van der Waals surface area contributed by atoms with E-state index >= 15 is 0 Å². The largest absolute Gasteiger partial charge is 0.395 e. The van der Waals surface area contributed by atoms with Gasteiger partial charge in [-0.05, 0) is 13.3 Å². The number of aliphatic hydroxyl groups is 1. The second-order valence-electron chi connectivity index (χ2n) is 3.67. The van der Waals surface area contributed by atoms with Crippen LogP contribution in [-0.2, 0) is 14.6 Å². The van der Waals surface area contributed by atoms with E-state index in [9.17, 15) is 13.2 Å². The van der Waals surface area contributed by atoms with E-state index < -0.39 is 15.9 Å². The Morgan fingerprint density at radius 3 is 2.44 bits per heavy atom. The summed E-state index contributed by atoms with van der Waals surface area (Å²) in [6, 6.07) is -0.818. The van der Waals surface area contributed by atoms with E-state index in [1.165, 1.54) is 4.90 Å². The molecule has 0 radical (unpaired) electrons. The summed E-state index contributed by atoms with van der Waals surface area (Å²) in [4.78, 5) is 13.1. The van der Waals surface area contributed by atoms with E-state index in [0.29, 0.717) is 6.54 Å². The van der Waals surface area contributed by atoms with Crippen molar-refractivity contribution in [3.63, 3.8) is 0 Å². The van der Waals surface area contributed by atoms with Crippen LogP contribution in [0.1, 0.15) is 13.3 Å². The Morgan fingerprint density at radius 1 is 1.50 bits per heavy atom. The molecule has 0 saturated heterocycles. The second-order valence-corrected chi connectivity index (χ2v) is 5.93. The SMILES string of the molecule is CCN(CCO)C(=O)C(N)CCS(C)(=O)=O. The van der Waals surface area contributed by atoms with Crippen molar-refractivity contribution in [2.75, 3.05) is 31.7 Å². The van der Waals surface area contributed by atoms with Gasteiger partial charge in [-0.3, -0.25) is 4.79 Å². The van der Waals surface area contributed by atoms with Crippen molar-refractivity contribution in [1.82, 2.24) is 4.90 Å². The molecule has 0 heterocycles. The Hall–Kier alpha value is -0.660. The Morgan fingerprint density at radius 2 is 2.06 bits per heavy atom. The van der Waals surface area contributed by atoms with Crippen LogP contribution in [0.4, 0.5) is 0 Å². The van der Waals surface area contributed by atoms with Gasteiger partial charge in [-0.25, -0.2) is 8.42 Å². The smallest absolute Gasteiger partial charge is 0.239 e. The van der Waals surface area contributed by atoms with Gasteiger partial charge >= 0.3 is 0 Å². The zero-order valence-corrected chi connectivity index (χ0v) is 10.5. The molecule has 96 valence electrons. The van der Waals surface area contributed by atoms with E-state index in [2.05, 4.69) is 0 Å². The molecule has 16 heavy (non-hydrogen) atoms. The highest BCUT2D eigenvalue weighted by Crippen LogP contribution is 1.99. The van der Waals surface area contributed by atoms with Crippen LogP contribution in [0.15, 0.2) is 0 Å². The molecule has 1 atom stereocenters. The van der Waals surface area contributed by atoms with Crippen molar-refractivity contribution >= 4 is 15.7 Å². The molecule has 0 bridgehead atoms. The Balaban J connectivity index is 4.26. The number of sulfone groups is 1. The van der Waals surface area contributed by atoms with Gasteiger partial charge in [0.25, 0.3) is 0 Å². The molecular weight excluding hydrogens is 232 g/mol. The molecule has 3 N–H and O–H groups in total. The number of carbonyl (C=O) groups excluding carboxylic acids is 1. The molecule has 1 amide bonds. The molecular formula is C9H20N2O4S. The van der Waals surface area contributed by atoms with Crippen LogP contribution in [-0.4, -0.2) is 62.1 Å². The standard InChI is InChI=1S/C9H20N2O4S/c1-3-11(5-6-12)9(13)8(10)4-7-16(2,14)15/h8,12H,3-7,10H2,1-2H3. The molecule has 0 aliphatic carbocycles. The fourth-order valence-electron chi connectivity index (χ4n) is 1.24. The monoisotopic (exact) mass is 252 g/mol. The number of amides is 1. The van der Waals surface area contributed by atoms with Gasteiger partial charge in [0.1, 0.15) is 9.84 Å². The number of hydrogen-bond acceptors (Lipinski definition) is 5. The normalized spacial score (nSPS) is 13.5. The molecule has 0 aromatic carbocycles. The van der Waals surface area contributed by atoms with Crippen molar-refractivity contribution in [3.8, 4) is 0 Å². The van der Waals surface area contributed by atoms with Gasteiger partial charge in [0.15, 0.2) is 0 Å². The van der Waals surface area contributed by atoms with Crippen LogP contribution in [0.2, 0.25) is 0 Å². The first-order valence-electron chi connectivity index (χ1n) is 5.14. The molecule has 1 unspecified atom stereocenters. The number of carbonyl (C=O) groups is 1. The summed E-state index contributed by atoms with van der Waals surface area (Å²) < 4.78 is 21.8. The predicted molar refractivity (Wildman–Crippen MR) is 61.6 cm³/mol. The fourth-order valence-corrected chi connectivity index (χ4v) is 1.93. The highest BCUT2D eigenvalue weighted by molar-refractivity contribution is 7.90. The molecule has 0 aliphatic heterocycles. The van der Waals surface area contributed by atoms with Crippen LogP contribution in [0.5, 0.6) is 0 Å². The third-order valence-corrected chi connectivity index (χ3v) is 3.16. The third-order valence-electron chi connectivity index (χ3n) is 2.18. The van der Waals surface area contributed by atoms with E-state index in [1.807, 2.05) is 0 Å². The number of aliphatic hydroxyl groups excluding tert-OH is 1. The maximum Gasteiger partial charge on any atom is 0.239 e. The van der Waals surface area contributed by atoms with Gasteiger partial charge < -0.3 is 15.7 Å². The van der Waals surface area contributed by atoms with Gasteiger partial charge in [-0.1, -0.05) is 0 Å². The lowest BCUT2D eigenvalue weighted by Crippen LogP contribution is -2.45. The van der Waals surface area contributed by atoms with Crippen molar-refractivity contribution in [2.24, 2.45) is 5.73 Å². The number of rotatable bonds is 7. The van der Waals surface area contributed by atoms with E-state index in [1.54, 1.807) is 6.92 Å². The minimum absolute atomic E-state index is 0.101. The lowest BCUT2D eigenvalue weighted by Gasteiger charge is -2.23. The van der Waals surface area contributed by atoms with E-state index in [0.717, 1.165) is 6.26 Å². The van der Waals surface area contributed by atoms with Crippen LogP contribution in [0.3, 0.4) is 0 Å². The second kappa shape index (κ2) is 6.82. The molecule has 6 nitrogen and oxygen atoms in total. The molecule has 0 aromatic rings. The molecule has 0 fully saturated rings. The van der Waals surface area contributed by atoms with Crippen LogP contribution in [0, 0.1) is 0 Å². The minimum Gasteiger partial charge on any atom is -0.395 e. The van der Waals surface area contributed by atoms with Gasteiger partial charge in [-0.15, -0.1) is 0 Å². The van der Waals surface area contributed by atoms with Crippen LogP contribution in [0.25, 0.3) is 0 Å². The Kier molecular flexibility index (Phi) is 6.54. The number of likely N-dealkylation sites (N-methyl/N-ethyl adjacent to an activating group) is 1. The van der Waals surface area contributed by atoms with Gasteiger partial charge in [-0.2, -0.15) is 0 Å². The topological polar surface area (TPSA) is 101 Å². The fraction of sp³-hybridized carbons (Fsp3) is 0.889. The summed E-state index contributed by atoms with van der Waals surface area (Å²) in [5, 5.41) is 8.73. The summed E-state index contributed by atoms with van der Waals surface area (Å²) in [6.45, 7) is 2.32. The van der Waals surface area contributed by atoms with Crippen molar-refractivity contribution in [1.29, 1.82) is 0 Å². The zero-order chi connectivity index (χ0) is 12.8. The first-order chi connectivity index (χ1) is 7.31. The first kappa shape index (κ1) is 15.3. The summed E-state index contributed by atoms with van der Waals surface area (Å²) >= 11 is 0. The van der Waals surface area contributed by atoms with E-state index in [4.69, 9.17) is 10.8 Å². The average Bonchev–Trinajstić information content (AvgIpc) is 2.20. The lowest BCUT2D eigenvalue weighted by molar-refractivity contribution is -0.132. The van der Waals surface area contributed by atoms with Crippen molar-refractivity contribution in [2.45, 2.75) is 19.4 Å². The summed E-state index contributed by atoms with van der Waals surface area (Å²) in [7, 11) is -3.10. The van der Waals surface area contributed by atoms with Gasteiger partial charge in [0.05, 0.1) is 18.4 Å². The third kappa shape index (κ3) is 6.04. The number of nitrogens with two attached hydrogens (primary N) is 1. The van der Waals surface area contributed by atoms with E-state index in [-0.39, 0.29) is 31.2 Å². The highest BCUT2D eigenvalue weighted by Gasteiger charge is 2.20. The summed E-state index contributed by atoms with van der Waals surface area (Å²) in [5.74, 6) is -0.420. The zero-order valence-electron chi connectivity index (χ0n) is 9.72.